The molecule has 28 heavy (non-hydrogen) atoms. The van der Waals surface area contributed by atoms with Crippen molar-refractivity contribution in [1.29, 1.82) is 0 Å². The summed E-state index contributed by atoms with van der Waals surface area (Å²) in [5, 5.41) is 3.15. The number of amides is 1. The lowest BCUT2D eigenvalue weighted by molar-refractivity contribution is 0.102. The van der Waals surface area contributed by atoms with Gasteiger partial charge >= 0.3 is 0 Å². The van der Waals surface area contributed by atoms with Gasteiger partial charge < -0.3 is 14.8 Å². The molecule has 0 heterocycles. The molecule has 7 nitrogen and oxygen atoms in total. The Bertz CT molecular complexity index is 990. The molecular weight excluding hydrogens is 404 g/mol. The molecule has 0 radical (unpaired) electrons. The Morgan fingerprint density at radius 2 is 1.89 bits per heavy atom. The van der Waals surface area contributed by atoms with Crippen molar-refractivity contribution in [3.05, 3.63) is 47.0 Å². The summed E-state index contributed by atoms with van der Waals surface area (Å²) in [7, 11) is -2.41. The Labute approximate surface area is 169 Å². The van der Waals surface area contributed by atoms with Gasteiger partial charge in [-0.25, -0.2) is 13.1 Å². The predicted molar refractivity (Wildman–Crippen MR) is 107 cm³/mol. The highest BCUT2D eigenvalue weighted by molar-refractivity contribution is 7.89. The van der Waals surface area contributed by atoms with E-state index in [4.69, 9.17) is 21.1 Å². The number of anilines is 1. The summed E-state index contributed by atoms with van der Waals surface area (Å²) < 4.78 is 38.5. The van der Waals surface area contributed by atoms with E-state index >= 15 is 0 Å². The Morgan fingerprint density at radius 1 is 1.18 bits per heavy atom. The van der Waals surface area contributed by atoms with Gasteiger partial charge in [0.15, 0.2) is 0 Å². The minimum Gasteiger partial charge on any atom is -0.495 e. The molecule has 0 aromatic heterocycles. The number of carbonyl (C=O) groups excluding carboxylic acids is 1. The number of nitrogens with one attached hydrogen (secondary N) is 2. The van der Waals surface area contributed by atoms with Crippen molar-refractivity contribution in [2.75, 3.05) is 19.0 Å². The van der Waals surface area contributed by atoms with Crippen LogP contribution in [0.3, 0.4) is 0 Å². The third-order valence-electron chi connectivity index (χ3n) is 4.10. The van der Waals surface area contributed by atoms with Gasteiger partial charge in [-0.2, -0.15) is 0 Å². The highest BCUT2D eigenvalue weighted by Gasteiger charge is 2.30. The number of hydrogen-bond donors (Lipinski definition) is 2. The first kappa shape index (κ1) is 20.4. The first-order valence-corrected chi connectivity index (χ1v) is 10.6. The number of halogens is 1. The quantitative estimate of drug-likeness (QED) is 0.677. The molecule has 0 unspecified atom stereocenters. The molecule has 150 valence electrons. The van der Waals surface area contributed by atoms with Gasteiger partial charge in [-0.1, -0.05) is 11.6 Å². The lowest BCUT2D eigenvalue weighted by Crippen LogP contribution is -2.26. The zero-order valence-electron chi connectivity index (χ0n) is 15.5. The molecule has 1 saturated carbocycles. The summed E-state index contributed by atoms with van der Waals surface area (Å²) in [6.45, 7) is 2.25. The van der Waals surface area contributed by atoms with Crippen molar-refractivity contribution in [1.82, 2.24) is 4.72 Å². The van der Waals surface area contributed by atoms with E-state index in [1.165, 1.54) is 25.3 Å². The Kier molecular flexibility index (Phi) is 6.12. The van der Waals surface area contributed by atoms with Gasteiger partial charge in [0.2, 0.25) is 10.0 Å². The van der Waals surface area contributed by atoms with Crippen LogP contribution in [0.4, 0.5) is 5.69 Å². The van der Waals surface area contributed by atoms with E-state index in [-0.39, 0.29) is 22.3 Å². The normalized spacial score (nSPS) is 13.8. The summed E-state index contributed by atoms with van der Waals surface area (Å²) in [5.41, 5.74) is 0.565. The predicted octanol–water partition coefficient (Wildman–Crippen LogP) is 3.44. The van der Waals surface area contributed by atoms with Gasteiger partial charge in [0.25, 0.3) is 5.91 Å². The van der Waals surface area contributed by atoms with Crippen LogP contribution in [0.25, 0.3) is 0 Å². The van der Waals surface area contributed by atoms with E-state index in [1.807, 2.05) is 6.92 Å². The molecule has 0 aliphatic heterocycles. The minimum absolute atomic E-state index is 0.0626. The second kappa shape index (κ2) is 8.38. The van der Waals surface area contributed by atoms with Crippen molar-refractivity contribution in [3.63, 3.8) is 0 Å². The third kappa shape index (κ3) is 4.76. The van der Waals surface area contributed by atoms with Crippen molar-refractivity contribution >= 4 is 33.2 Å². The highest BCUT2D eigenvalue weighted by atomic mass is 35.5. The van der Waals surface area contributed by atoms with Crippen LogP contribution in [0.5, 0.6) is 11.5 Å². The molecule has 2 N–H and O–H groups in total. The maximum absolute atomic E-state index is 12.7. The molecule has 0 spiro atoms. The smallest absolute Gasteiger partial charge is 0.255 e. The molecule has 1 fully saturated rings. The fraction of sp³-hybridized carbons (Fsp3) is 0.316. The van der Waals surface area contributed by atoms with Crippen LogP contribution in [0, 0.1) is 0 Å². The van der Waals surface area contributed by atoms with Gasteiger partial charge in [-0.05, 0) is 56.2 Å². The first-order chi connectivity index (χ1) is 13.3. The van der Waals surface area contributed by atoms with Crippen molar-refractivity contribution in [3.8, 4) is 11.5 Å². The second-order valence-electron chi connectivity index (χ2n) is 6.29. The van der Waals surface area contributed by atoms with E-state index in [0.29, 0.717) is 23.1 Å². The number of carbonyl (C=O) groups is 1. The summed E-state index contributed by atoms with van der Waals surface area (Å²) in [4.78, 5) is 12.7. The molecule has 0 bridgehead atoms. The lowest BCUT2D eigenvalue weighted by Gasteiger charge is -2.14. The molecule has 2 aromatic carbocycles. The highest BCUT2D eigenvalue weighted by Crippen LogP contribution is 2.31. The van der Waals surface area contributed by atoms with Crippen LogP contribution in [0.15, 0.2) is 41.3 Å². The van der Waals surface area contributed by atoms with Crippen LogP contribution < -0.4 is 19.5 Å². The van der Waals surface area contributed by atoms with Crippen LogP contribution in [0.2, 0.25) is 5.02 Å². The number of rotatable bonds is 8. The van der Waals surface area contributed by atoms with Crippen LogP contribution in [0.1, 0.15) is 30.1 Å². The fourth-order valence-electron chi connectivity index (χ4n) is 2.59. The zero-order valence-corrected chi connectivity index (χ0v) is 17.1. The van der Waals surface area contributed by atoms with Gasteiger partial charge in [0.05, 0.1) is 19.4 Å². The molecular formula is C19H21ClN2O5S. The van der Waals surface area contributed by atoms with Crippen molar-refractivity contribution in [2.24, 2.45) is 0 Å². The van der Waals surface area contributed by atoms with Gasteiger partial charge in [-0.3, -0.25) is 4.79 Å². The molecule has 1 amide bonds. The largest absolute Gasteiger partial charge is 0.495 e. The zero-order chi connectivity index (χ0) is 20.3. The summed E-state index contributed by atoms with van der Waals surface area (Å²) in [6.07, 6.45) is 1.60. The van der Waals surface area contributed by atoms with Crippen molar-refractivity contribution in [2.45, 2.75) is 30.7 Å². The summed E-state index contributed by atoms with van der Waals surface area (Å²) in [6, 6.07) is 9.07. The van der Waals surface area contributed by atoms with E-state index in [9.17, 15) is 13.2 Å². The van der Waals surface area contributed by atoms with Gasteiger partial charge in [-0.15, -0.1) is 0 Å². The van der Waals surface area contributed by atoms with E-state index in [0.717, 1.165) is 12.8 Å². The minimum atomic E-state index is -3.79. The van der Waals surface area contributed by atoms with Gasteiger partial charge in [0, 0.05) is 16.6 Å². The number of ether oxygens (including phenoxy) is 2. The van der Waals surface area contributed by atoms with E-state index < -0.39 is 15.9 Å². The number of methoxy groups -OCH3 is 1. The monoisotopic (exact) mass is 424 g/mol. The van der Waals surface area contributed by atoms with Crippen molar-refractivity contribution < 1.29 is 22.7 Å². The fourth-order valence-corrected chi connectivity index (χ4v) is 4.26. The molecule has 1 aliphatic rings. The molecule has 2 aromatic rings. The SMILES string of the molecule is CCOc1ccc(Cl)cc1NC(=O)c1ccc(OC)c(S(=O)(=O)NC2CC2)c1. The first-order valence-electron chi connectivity index (χ1n) is 8.78. The molecule has 1 aliphatic carbocycles. The topological polar surface area (TPSA) is 93.7 Å². The van der Waals surface area contributed by atoms with Crippen LogP contribution in [-0.4, -0.2) is 34.1 Å². The van der Waals surface area contributed by atoms with E-state index in [1.54, 1.807) is 18.2 Å². The third-order valence-corrected chi connectivity index (χ3v) is 5.88. The number of sulfonamides is 1. The molecule has 0 saturated heterocycles. The average Bonchev–Trinajstić information content (AvgIpc) is 3.46. The number of hydrogen-bond acceptors (Lipinski definition) is 5. The summed E-state index contributed by atoms with van der Waals surface area (Å²) >= 11 is 6.01. The average molecular weight is 425 g/mol. The second-order valence-corrected chi connectivity index (χ2v) is 8.41. The lowest BCUT2D eigenvalue weighted by atomic mass is 10.2. The standard InChI is InChI=1S/C19H21ClN2O5S/c1-3-27-16-9-5-13(20)11-15(16)21-19(23)12-4-8-17(26-2)18(10-12)28(24,25)22-14-6-7-14/h4-5,8-11,14,22H,3,6-7H2,1-2H3,(H,21,23). The molecule has 9 heteroatoms. The Balaban J connectivity index is 1.90. The van der Waals surface area contributed by atoms with Gasteiger partial charge in [0.1, 0.15) is 16.4 Å². The summed E-state index contributed by atoms with van der Waals surface area (Å²) in [5.74, 6) is 0.146. The molecule has 3 rings (SSSR count). The maximum atomic E-state index is 12.7. The Hall–Kier alpha value is -2.29. The Morgan fingerprint density at radius 3 is 2.54 bits per heavy atom. The van der Waals surface area contributed by atoms with Crippen LogP contribution in [-0.2, 0) is 10.0 Å². The molecule has 0 atom stereocenters. The number of benzene rings is 2. The van der Waals surface area contributed by atoms with E-state index in [2.05, 4.69) is 10.0 Å². The van der Waals surface area contributed by atoms with Crippen LogP contribution >= 0.6 is 11.6 Å². The maximum Gasteiger partial charge on any atom is 0.255 e.